The Morgan fingerprint density at radius 1 is 1.29 bits per heavy atom. The maximum atomic E-state index is 12.6. The number of hydrogen-bond acceptors (Lipinski definition) is 3. The predicted octanol–water partition coefficient (Wildman–Crippen LogP) is 3.19. The van der Waals surface area contributed by atoms with Gasteiger partial charge in [-0.1, -0.05) is 25.1 Å². The Balaban J connectivity index is 2.13. The standard InChI is InChI=1S/C17H20F3NO3/c1-3-24-15(22)8-11(2)13-5-4-12-6-7-21(10-14(12)9-13)16(23)17(18,19)20/h4-5,9,11H,3,6-8,10H2,1-2H3. The lowest BCUT2D eigenvalue weighted by Gasteiger charge is -2.30. The smallest absolute Gasteiger partial charge is 0.466 e. The fourth-order valence-electron chi connectivity index (χ4n) is 2.82. The quantitative estimate of drug-likeness (QED) is 0.789. The molecule has 7 heteroatoms. The third-order valence-electron chi connectivity index (χ3n) is 4.12. The maximum Gasteiger partial charge on any atom is 0.471 e. The highest BCUT2D eigenvalue weighted by Crippen LogP contribution is 2.28. The molecule has 1 atom stereocenters. The molecule has 0 saturated carbocycles. The van der Waals surface area contributed by atoms with Crippen LogP contribution < -0.4 is 0 Å². The van der Waals surface area contributed by atoms with Gasteiger partial charge in [-0.25, -0.2) is 0 Å². The van der Waals surface area contributed by atoms with E-state index in [-0.39, 0.29) is 31.4 Å². The summed E-state index contributed by atoms with van der Waals surface area (Å²) in [4.78, 5) is 23.8. The van der Waals surface area contributed by atoms with Crippen molar-refractivity contribution >= 4 is 11.9 Å². The minimum absolute atomic E-state index is 0.0586. The molecule has 0 fully saturated rings. The number of esters is 1. The van der Waals surface area contributed by atoms with E-state index in [2.05, 4.69) is 0 Å². The van der Waals surface area contributed by atoms with Crippen molar-refractivity contribution in [2.75, 3.05) is 13.2 Å². The average Bonchev–Trinajstić information content (AvgIpc) is 2.52. The molecule has 1 aromatic carbocycles. The van der Waals surface area contributed by atoms with E-state index in [1.807, 2.05) is 19.1 Å². The summed E-state index contributed by atoms with van der Waals surface area (Å²) in [5, 5.41) is 0. The van der Waals surface area contributed by atoms with Crippen LogP contribution in [0.15, 0.2) is 18.2 Å². The van der Waals surface area contributed by atoms with E-state index < -0.39 is 12.1 Å². The number of halogens is 3. The molecule has 1 aliphatic rings. The molecule has 4 nitrogen and oxygen atoms in total. The fourth-order valence-corrected chi connectivity index (χ4v) is 2.82. The van der Waals surface area contributed by atoms with Crippen molar-refractivity contribution in [3.05, 3.63) is 34.9 Å². The van der Waals surface area contributed by atoms with Gasteiger partial charge in [-0.2, -0.15) is 13.2 Å². The van der Waals surface area contributed by atoms with E-state index in [9.17, 15) is 22.8 Å². The topological polar surface area (TPSA) is 46.6 Å². The second kappa shape index (κ2) is 7.23. The van der Waals surface area contributed by atoms with Crippen LogP contribution in [0.1, 0.15) is 42.9 Å². The summed E-state index contributed by atoms with van der Waals surface area (Å²) < 4.78 is 42.7. The van der Waals surface area contributed by atoms with Gasteiger partial charge in [0.05, 0.1) is 13.0 Å². The van der Waals surface area contributed by atoms with E-state index in [1.165, 1.54) is 0 Å². The highest BCUT2D eigenvalue weighted by Gasteiger charge is 2.43. The number of carbonyl (C=O) groups excluding carboxylic acids is 2. The molecule has 1 unspecified atom stereocenters. The predicted molar refractivity (Wildman–Crippen MR) is 81.3 cm³/mol. The van der Waals surface area contributed by atoms with Gasteiger partial charge >= 0.3 is 18.1 Å². The van der Waals surface area contributed by atoms with Crippen LogP contribution in [0.5, 0.6) is 0 Å². The molecular weight excluding hydrogens is 323 g/mol. The molecule has 132 valence electrons. The number of ether oxygens (including phenoxy) is 1. The number of carbonyl (C=O) groups is 2. The molecule has 2 rings (SSSR count). The summed E-state index contributed by atoms with van der Waals surface area (Å²) >= 11 is 0. The molecule has 0 aromatic heterocycles. The Bertz CT molecular complexity index is 628. The number of amides is 1. The van der Waals surface area contributed by atoms with E-state index in [4.69, 9.17) is 4.74 Å². The maximum absolute atomic E-state index is 12.6. The van der Waals surface area contributed by atoms with Gasteiger partial charge in [-0.15, -0.1) is 0 Å². The van der Waals surface area contributed by atoms with Gasteiger partial charge in [0, 0.05) is 13.1 Å². The van der Waals surface area contributed by atoms with Gasteiger partial charge in [0.2, 0.25) is 0 Å². The van der Waals surface area contributed by atoms with Gasteiger partial charge < -0.3 is 9.64 Å². The molecule has 0 radical (unpaired) electrons. The molecule has 24 heavy (non-hydrogen) atoms. The first-order valence-electron chi connectivity index (χ1n) is 7.85. The van der Waals surface area contributed by atoms with Crippen molar-refractivity contribution in [1.29, 1.82) is 0 Å². The molecule has 0 aliphatic carbocycles. The van der Waals surface area contributed by atoms with E-state index in [1.54, 1.807) is 13.0 Å². The highest BCUT2D eigenvalue weighted by molar-refractivity contribution is 5.82. The molecule has 0 N–H and O–H groups in total. The lowest BCUT2D eigenvalue weighted by Crippen LogP contribution is -2.43. The molecule has 1 aliphatic heterocycles. The Morgan fingerprint density at radius 2 is 2.00 bits per heavy atom. The largest absolute Gasteiger partial charge is 0.471 e. The van der Waals surface area contributed by atoms with Crippen LogP contribution in [0.3, 0.4) is 0 Å². The Morgan fingerprint density at radius 3 is 2.62 bits per heavy atom. The average molecular weight is 343 g/mol. The zero-order chi connectivity index (χ0) is 17.9. The van der Waals surface area contributed by atoms with Gasteiger partial charge in [-0.05, 0) is 36.0 Å². The molecule has 0 saturated heterocycles. The third-order valence-corrected chi connectivity index (χ3v) is 4.12. The molecule has 0 bridgehead atoms. The summed E-state index contributed by atoms with van der Waals surface area (Å²) in [7, 11) is 0. The normalized spacial score (nSPS) is 15.6. The number of benzene rings is 1. The summed E-state index contributed by atoms with van der Waals surface area (Å²) in [6.45, 7) is 3.90. The van der Waals surface area contributed by atoms with Crippen LogP contribution in [-0.2, 0) is 27.3 Å². The SMILES string of the molecule is CCOC(=O)CC(C)c1ccc2c(c1)CN(C(=O)C(F)(F)F)CC2. The monoisotopic (exact) mass is 343 g/mol. The van der Waals surface area contributed by atoms with E-state index >= 15 is 0 Å². The second-order valence-electron chi connectivity index (χ2n) is 5.91. The van der Waals surface area contributed by atoms with Crippen molar-refractivity contribution in [3.8, 4) is 0 Å². The lowest BCUT2D eigenvalue weighted by atomic mass is 9.91. The Labute approximate surface area is 138 Å². The second-order valence-corrected chi connectivity index (χ2v) is 5.91. The van der Waals surface area contributed by atoms with Crippen molar-refractivity contribution in [2.24, 2.45) is 0 Å². The van der Waals surface area contributed by atoms with Crippen LogP contribution in [0, 0.1) is 0 Å². The van der Waals surface area contributed by atoms with Crippen molar-refractivity contribution in [1.82, 2.24) is 4.90 Å². The molecule has 0 spiro atoms. The van der Waals surface area contributed by atoms with Crippen LogP contribution in [0.25, 0.3) is 0 Å². The first-order chi connectivity index (χ1) is 11.2. The number of fused-ring (bicyclic) bond motifs is 1. The summed E-state index contributed by atoms with van der Waals surface area (Å²) in [5.41, 5.74) is 2.49. The summed E-state index contributed by atoms with van der Waals surface area (Å²) in [6.07, 6.45) is -4.26. The van der Waals surface area contributed by atoms with Gasteiger partial charge in [0.25, 0.3) is 0 Å². The van der Waals surface area contributed by atoms with Gasteiger partial charge in [0.1, 0.15) is 0 Å². The molecular formula is C17H20F3NO3. The minimum Gasteiger partial charge on any atom is -0.466 e. The number of alkyl halides is 3. The van der Waals surface area contributed by atoms with Crippen LogP contribution in [0.4, 0.5) is 13.2 Å². The fraction of sp³-hybridized carbons (Fsp3) is 0.529. The van der Waals surface area contributed by atoms with Gasteiger partial charge in [-0.3, -0.25) is 9.59 Å². The summed E-state index contributed by atoms with van der Waals surface area (Å²) in [6, 6.07) is 5.53. The van der Waals surface area contributed by atoms with Crippen LogP contribution in [0.2, 0.25) is 0 Å². The highest BCUT2D eigenvalue weighted by atomic mass is 19.4. The first-order valence-corrected chi connectivity index (χ1v) is 7.85. The zero-order valence-corrected chi connectivity index (χ0v) is 13.7. The Hall–Kier alpha value is -2.05. The number of nitrogens with zero attached hydrogens (tertiary/aromatic N) is 1. The van der Waals surface area contributed by atoms with Crippen molar-refractivity contribution < 1.29 is 27.5 Å². The number of hydrogen-bond donors (Lipinski definition) is 0. The summed E-state index contributed by atoms with van der Waals surface area (Å²) in [5.74, 6) is -2.22. The number of rotatable bonds is 4. The lowest BCUT2D eigenvalue weighted by molar-refractivity contribution is -0.186. The molecule has 1 aromatic rings. The molecule has 1 heterocycles. The van der Waals surface area contributed by atoms with E-state index in [0.717, 1.165) is 16.0 Å². The minimum atomic E-state index is -4.85. The van der Waals surface area contributed by atoms with Gasteiger partial charge in [0.15, 0.2) is 0 Å². The van der Waals surface area contributed by atoms with Crippen molar-refractivity contribution in [2.45, 2.75) is 45.3 Å². The first kappa shape index (κ1) is 18.3. The van der Waals surface area contributed by atoms with Crippen molar-refractivity contribution in [3.63, 3.8) is 0 Å². The zero-order valence-electron chi connectivity index (χ0n) is 13.7. The molecule has 1 amide bonds. The van der Waals surface area contributed by atoms with Crippen LogP contribution in [-0.4, -0.2) is 36.1 Å². The van der Waals surface area contributed by atoms with E-state index in [0.29, 0.717) is 18.6 Å². The Kier molecular flexibility index (Phi) is 5.51. The van der Waals surface area contributed by atoms with Crippen LogP contribution >= 0.6 is 0 Å². The third kappa shape index (κ3) is 4.27.